The van der Waals surface area contributed by atoms with Gasteiger partial charge in [0.05, 0.1) is 5.41 Å². The van der Waals surface area contributed by atoms with Crippen molar-refractivity contribution in [2.24, 2.45) is 40.6 Å². The molecule has 1 rings (SSSR count). The minimum Gasteiger partial charge on any atom is -0.385 e. The zero-order valence-electron chi connectivity index (χ0n) is 17.3. The highest BCUT2D eigenvalue weighted by molar-refractivity contribution is 5.81. The minimum absolute atomic E-state index is 0.106. The third-order valence-corrected chi connectivity index (χ3v) is 5.99. The predicted molar refractivity (Wildman–Crippen MR) is 107 cm³/mol. The molecule has 0 saturated heterocycles. The average Bonchev–Trinajstić information content (AvgIpc) is 2.45. The van der Waals surface area contributed by atoms with Gasteiger partial charge in [-0.05, 0) is 56.3 Å². The lowest BCUT2D eigenvalue weighted by molar-refractivity contribution is -0.137. The summed E-state index contributed by atoms with van der Waals surface area (Å²) in [6.45, 7) is 17.1. The van der Waals surface area contributed by atoms with Gasteiger partial charge in [-0.3, -0.25) is 4.79 Å². The highest BCUT2D eigenvalue weighted by atomic mass is 16.1. The maximum Gasteiger partial charge on any atom is 0.224 e. The molecule has 0 heterocycles. The molecule has 0 aromatic rings. The van der Waals surface area contributed by atoms with E-state index in [0.717, 1.165) is 31.4 Å². The Balaban J connectivity index is 3.14. The summed E-state index contributed by atoms with van der Waals surface area (Å²) < 4.78 is 0. The van der Waals surface area contributed by atoms with E-state index in [1.807, 2.05) is 6.92 Å². The van der Waals surface area contributed by atoms with Crippen LogP contribution < -0.4 is 16.8 Å². The third-order valence-electron chi connectivity index (χ3n) is 5.99. The van der Waals surface area contributed by atoms with Crippen molar-refractivity contribution in [2.75, 3.05) is 0 Å². The zero-order chi connectivity index (χ0) is 19.4. The topological polar surface area (TPSA) is 81.1 Å². The molecule has 0 spiro atoms. The molecule has 1 aliphatic rings. The number of primary amides is 1. The Morgan fingerprint density at radius 1 is 1.24 bits per heavy atom. The molecule has 0 aromatic heterocycles. The van der Waals surface area contributed by atoms with E-state index in [4.69, 9.17) is 11.5 Å². The second-order valence-corrected chi connectivity index (χ2v) is 9.25. The van der Waals surface area contributed by atoms with Crippen LogP contribution in [0.3, 0.4) is 0 Å². The number of amides is 1. The van der Waals surface area contributed by atoms with Crippen molar-refractivity contribution in [3.8, 4) is 0 Å². The molecule has 3 unspecified atom stereocenters. The molecular weight excluding hydrogens is 310 g/mol. The summed E-state index contributed by atoms with van der Waals surface area (Å²) in [6.07, 6.45) is 4.93. The lowest BCUT2D eigenvalue weighted by Crippen LogP contribution is -2.52. The zero-order valence-corrected chi connectivity index (χ0v) is 17.3. The van der Waals surface area contributed by atoms with Crippen LogP contribution in [0.25, 0.3) is 0 Å². The van der Waals surface area contributed by atoms with E-state index in [-0.39, 0.29) is 18.0 Å². The van der Waals surface area contributed by atoms with Gasteiger partial charge < -0.3 is 16.8 Å². The number of rotatable bonds is 9. The minimum atomic E-state index is -0.434. The number of hydrogen-bond donors (Lipinski definition) is 3. The fraction of sp³-hybridized carbons (Fsp3) is 0.857. The smallest absolute Gasteiger partial charge is 0.224 e. The molecule has 0 aliphatic heterocycles. The lowest BCUT2D eigenvalue weighted by Gasteiger charge is -2.48. The van der Waals surface area contributed by atoms with Gasteiger partial charge in [0.25, 0.3) is 0 Å². The van der Waals surface area contributed by atoms with Crippen LogP contribution in [0.2, 0.25) is 0 Å². The largest absolute Gasteiger partial charge is 0.385 e. The van der Waals surface area contributed by atoms with Crippen molar-refractivity contribution in [1.82, 2.24) is 5.32 Å². The Morgan fingerprint density at radius 3 is 2.28 bits per heavy atom. The van der Waals surface area contributed by atoms with Crippen molar-refractivity contribution >= 4 is 5.91 Å². The fourth-order valence-electron chi connectivity index (χ4n) is 4.80. The van der Waals surface area contributed by atoms with Gasteiger partial charge in [-0.25, -0.2) is 0 Å². The van der Waals surface area contributed by atoms with Gasteiger partial charge in [0.15, 0.2) is 0 Å². The molecule has 4 heteroatoms. The third kappa shape index (κ3) is 5.73. The first-order valence-corrected chi connectivity index (χ1v) is 10.00. The monoisotopic (exact) mass is 351 g/mol. The van der Waals surface area contributed by atoms with Gasteiger partial charge in [0.1, 0.15) is 0 Å². The molecule has 0 aromatic carbocycles. The van der Waals surface area contributed by atoms with Crippen molar-refractivity contribution in [3.05, 3.63) is 12.3 Å². The van der Waals surface area contributed by atoms with E-state index >= 15 is 0 Å². The summed E-state index contributed by atoms with van der Waals surface area (Å²) in [5.74, 6) is 1.75. The Morgan fingerprint density at radius 2 is 1.84 bits per heavy atom. The van der Waals surface area contributed by atoms with Crippen LogP contribution in [0.5, 0.6) is 0 Å². The number of nitrogens with two attached hydrogens (primary N) is 2. The molecule has 146 valence electrons. The molecule has 0 radical (unpaired) electrons. The van der Waals surface area contributed by atoms with Crippen molar-refractivity contribution in [1.29, 1.82) is 0 Å². The molecule has 5 atom stereocenters. The molecule has 1 aliphatic carbocycles. The highest BCUT2D eigenvalue weighted by Gasteiger charge is 2.49. The van der Waals surface area contributed by atoms with Crippen LogP contribution in [-0.2, 0) is 4.79 Å². The normalized spacial score (nSPS) is 29.5. The molecule has 1 amide bonds. The molecule has 0 bridgehead atoms. The number of nitrogens with one attached hydrogen (secondary N) is 1. The summed E-state index contributed by atoms with van der Waals surface area (Å²) in [5, 5.41) is 3.52. The van der Waals surface area contributed by atoms with E-state index in [1.165, 1.54) is 6.42 Å². The average molecular weight is 352 g/mol. The summed E-state index contributed by atoms with van der Waals surface area (Å²) in [4.78, 5) is 12.7. The van der Waals surface area contributed by atoms with E-state index in [0.29, 0.717) is 23.7 Å². The summed E-state index contributed by atoms with van der Waals surface area (Å²) in [5.41, 5.74) is 12.4. The Bertz CT molecular complexity index is 458. The van der Waals surface area contributed by atoms with Gasteiger partial charge in [-0.1, -0.05) is 47.6 Å². The van der Waals surface area contributed by atoms with Crippen LogP contribution in [0.4, 0.5) is 0 Å². The highest BCUT2D eigenvalue weighted by Crippen LogP contribution is 2.50. The lowest BCUT2D eigenvalue weighted by atomic mass is 9.57. The number of carbonyl (C=O) groups is 1. The first-order valence-electron chi connectivity index (χ1n) is 10.00. The Hall–Kier alpha value is -1.03. The van der Waals surface area contributed by atoms with Gasteiger partial charge in [-0.2, -0.15) is 0 Å². The summed E-state index contributed by atoms with van der Waals surface area (Å²) in [6, 6.07) is 0.0721. The van der Waals surface area contributed by atoms with Crippen LogP contribution in [0.15, 0.2) is 12.3 Å². The molecular formula is C21H41N3O. The second-order valence-electron chi connectivity index (χ2n) is 9.25. The van der Waals surface area contributed by atoms with Crippen LogP contribution >= 0.6 is 0 Å². The van der Waals surface area contributed by atoms with Gasteiger partial charge in [0.2, 0.25) is 5.91 Å². The first kappa shape index (κ1) is 22.0. The van der Waals surface area contributed by atoms with Crippen LogP contribution in [0.1, 0.15) is 73.6 Å². The van der Waals surface area contributed by atoms with E-state index in [2.05, 4.69) is 46.5 Å². The molecule has 25 heavy (non-hydrogen) atoms. The van der Waals surface area contributed by atoms with Crippen molar-refractivity contribution < 1.29 is 4.79 Å². The SMILES string of the molecule is C=C(N[C@@H](CC(C)C)CC1(C(N)=O)CC(C)CCC1C(C)C)[C@H](C)N. The van der Waals surface area contributed by atoms with E-state index in [9.17, 15) is 4.79 Å². The van der Waals surface area contributed by atoms with Crippen molar-refractivity contribution in [3.63, 3.8) is 0 Å². The number of carbonyl (C=O) groups excluding carboxylic acids is 1. The quantitative estimate of drug-likeness (QED) is 0.591. The van der Waals surface area contributed by atoms with Gasteiger partial charge in [0, 0.05) is 17.8 Å². The summed E-state index contributed by atoms with van der Waals surface area (Å²) >= 11 is 0. The van der Waals surface area contributed by atoms with E-state index in [1.54, 1.807) is 0 Å². The molecule has 5 N–H and O–H groups in total. The van der Waals surface area contributed by atoms with Gasteiger partial charge >= 0.3 is 0 Å². The maximum atomic E-state index is 12.7. The Labute approximate surface area is 155 Å². The summed E-state index contributed by atoms with van der Waals surface area (Å²) in [7, 11) is 0. The standard InChI is InChI=1S/C21H41N3O/c1-13(2)10-18(24-17(7)16(6)22)12-21(20(23)25)11-15(5)8-9-19(21)14(3)4/h13-16,18-19,24H,7-12,22H2,1-6H3,(H2,23,25)/t15?,16-,18-,19?,21?/m0/s1. The predicted octanol–water partition coefficient (Wildman–Crippen LogP) is 3.81. The second kappa shape index (κ2) is 9.07. The molecule has 1 saturated carbocycles. The Kier molecular flexibility index (Phi) is 7.98. The molecule has 1 fully saturated rings. The van der Waals surface area contributed by atoms with Crippen LogP contribution in [0, 0.1) is 29.1 Å². The van der Waals surface area contributed by atoms with E-state index < -0.39 is 5.41 Å². The number of hydrogen-bond acceptors (Lipinski definition) is 3. The van der Waals surface area contributed by atoms with Gasteiger partial charge in [-0.15, -0.1) is 0 Å². The van der Waals surface area contributed by atoms with Crippen molar-refractivity contribution in [2.45, 2.75) is 85.7 Å². The molecule has 4 nitrogen and oxygen atoms in total. The fourth-order valence-corrected chi connectivity index (χ4v) is 4.80. The first-order chi connectivity index (χ1) is 11.5. The maximum absolute atomic E-state index is 12.7. The van der Waals surface area contributed by atoms with Crippen LogP contribution in [-0.4, -0.2) is 18.0 Å².